The maximum atomic E-state index is 13.3. The zero-order valence-corrected chi connectivity index (χ0v) is 9.00. The summed E-state index contributed by atoms with van der Waals surface area (Å²) < 4.78 is 13.3. The molecule has 1 heterocycles. The van der Waals surface area contributed by atoms with Crippen molar-refractivity contribution in [1.29, 1.82) is 0 Å². The van der Waals surface area contributed by atoms with Gasteiger partial charge in [-0.15, -0.1) is 0 Å². The number of halogens is 1. The number of nitrogens with one attached hydrogen (secondary N) is 2. The Morgan fingerprint density at radius 1 is 1.50 bits per heavy atom. The van der Waals surface area contributed by atoms with Gasteiger partial charge in [-0.3, -0.25) is 4.79 Å². The van der Waals surface area contributed by atoms with E-state index >= 15 is 0 Å². The Hall–Kier alpha value is -1.42. The summed E-state index contributed by atoms with van der Waals surface area (Å²) in [6, 6.07) is 6.37. The van der Waals surface area contributed by atoms with E-state index in [2.05, 4.69) is 10.6 Å². The molecule has 3 nitrogen and oxygen atoms in total. The Morgan fingerprint density at radius 3 is 3.00 bits per heavy atom. The second-order valence-electron chi connectivity index (χ2n) is 3.96. The minimum atomic E-state index is -0.276. The third kappa shape index (κ3) is 2.58. The quantitative estimate of drug-likeness (QED) is 0.806. The van der Waals surface area contributed by atoms with Crippen molar-refractivity contribution < 1.29 is 9.18 Å². The predicted molar refractivity (Wildman–Crippen MR) is 59.3 cm³/mol. The lowest BCUT2D eigenvalue weighted by Crippen LogP contribution is -2.40. The zero-order valence-electron chi connectivity index (χ0n) is 9.00. The van der Waals surface area contributed by atoms with Gasteiger partial charge in [0.25, 0.3) is 0 Å². The fraction of sp³-hybridized carbons (Fsp3) is 0.417. The highest BCUT2D eigenvalue weighted by atomic mass is 19.1. The van der Waals surface area contributed by atoms with Crippen molar-refractivity contribution in [2.24, 2.45) is 0 Å². The molecule has 0 spiro atoms. The van der Waals surface area contributed by atoms with Crippen LogP contribution in [0.2, 0.25) is 0 Å². The first-order valence-electron chi connectivity index (χ1n) is 5.52. The van der Waals surface area contributed by atoms with Crippen LogP contribution in [0.3, 0.4) is 0 Å². The summed E-state index contributed by atoms with van der Waals surface area (Å²) >= 11 is 0. The van der Waals surface area contributed by atoms with Gasteiger partial charge in [-0.25, -0.2) is 4.39 Å². The minimum absolute atomic E-state index is 0.0410. The van der Waals surface area contributed by atoms with Gasteiger partial charge in [0.1, 0.15) is 5.82 Å². The topological polar surface area (TPSA) is 41.1 Å². The Kier molecular flexibility index (Phi) is 3.51. The van der Waals surface area contributed by atoms with E-state index in [4.69, 9.17) is 0 Å². The molecule has 2 N–H and O–H groups in total. The standard InChI is InChI=1S/C12H15FN2O/c13-10-5-2-1-4-9(10)8-15-12(16)11-6-3-7-14-11/h1-2,4-5,11,14H,3,6-8H2,(H,15,16)/t11-/m1/s1. The number of carbonyl (C=O) groups excluding carboxylic acids is 1. The van der Waals surface area contributed by atoms with Crippen molar-refractivity contribution in [3.63, 3.8) is 0 Å². The molecule has 1 fully saturated rings. The van der Waals surface area contributed by atoms with Gasteiger partial charge >= 0.3 is 0 Å². The maximum Gasteiger partial charge on any atom is 0.237 e. The van der Waals surface area contributed by atoms with Crippen molar-refractivity contribution in [1.82, 2.24) is 10.6 Å². The molecule has 1 aliphatic heterocycles. The summed E-state index contributed by atoms with van der Waals surface area (Å²) in [7, 11) is 0. The number of amides is 1. The number of benzene rings is 1. The Bertz CT molecular complexity index is 375. The van der Waals surface area contributed by atoms with Crippen LogP contribution in [-0.4, -0.2) is 18.5 Å². The molecule has 1 aliphatic rings. The molecule has 1 amide bonds. The molecule has 0 aromatic heterocycles. The van der Waals surface area contributed by atoms with Crippen LogP contribution in [0.25, 0.3) is 0 Å². The minimum Gasteiger partial charge on any atom is -0.351 e. The Balaban J connectivity index is 1.87. The highest BCUT2D eigenvalue weighted by Crippen LogP contribution is 2.07. The van der Waals surface area contributed by atoms with Crippen LogP contribution in [0.15, 0.2) is 24.3 Å². The normalized spacial score (nSPS) is 19.7. The van der Waals surface area contributed by atoms with Crippen LogP contribution in [-0.2, 0) is 11.3 Å². The molecule has 0 aliphatic carbocycles. The lowest BCUT2D eigenvalue weighted by Gasteiger charge is -2.11. The van der Waals surface area contributed by atoms with E-state index in [-0.39, 0.29) is 24.3 Å². The molecule has 1 aromatic rings. The van der Waals surface area contributed by atoms with Gasteiger partial charge in [-0.2, -0.15) is 0 Å². The van der Waals surface area contributed by atoms with Crippen molar-refractivity contribution in [2.75, 3.05) is 6.54 Å². The summed E-state index contributed by atoms with van der Waals surface area (Å²) in [6.07, 6.45) is 1.89. The van der Waals surface area contributed by atoms with Crippen molar-refractivity contribution in [3.8, 4) is 0 Å². The first kappa shape index (κ1) is 11.1. The molecule has 86 valence electrons. The molecule has 16 heavy (non-hydrogen) atoms. The average molecular weight is 222 g/mol. The molecular weight excluding hydrogens is 207 g/mol. The first-order valence-corrected chi connectivity index (χ1v) is 5.52. The summed E-state index contributed by atoms with van der Waals surface area (Å²) in [5.74, 6) is -0.317. The smallest absolute Gasteiger partial charge is 0.237 e. The van der Waals surface area contributed by atoms with E-state index in [0.29, 0.717) is 5.56 Å². The number of rotatable bonds is 3. The van der Waals surface area contributed by atoms with Crippen LogP contribution >= 0.6 is 0 Å². The monoisotopic (exact) mass is 222 g/mol. The highest BCUT2D eigenvalue weighted by molar-refractivity contribution is 5.81. The number of hydrogen-bond donors (Lipinski definition) is 2. The second kappa shape index (κ2) is 5.07. The number of hydrogen-bond acceptors (Lipinski definition) is 2. The molecule has 0 unspecified atom stereocenters. The molecular formula is C12H15FN2O. The van der Waals surface area contributed by atoms with Gasteiger partial charge in [0, 0.05) is 12.1 Å². The fourth-order valence-electron chi connectivity index (χ4n) is 1.86. The lowest BCUT2D eigenvalue weighted by atomic mass is 10.2. The molecule has 2 rings (SSSR count). The molecule has 0 radical (unpaired) electrons. The average Bonchev–Trinajstić information content (AvgIpc) is 2.81. The molecule has 0 bridgehead atoms. The van der Waals surface area contributed by atoms with Gasteiger partial charge in [0.15, 0.2) is 0 Å². The van der Waals surface area contributed by atoms with E-state index in [1.54, 1.807) is 18.2 Å². The summed E-state index contributed by atoms with van der Waals surface area (Å²) in [5.41, 5.74) is 0.522. The van der Waals surface area contributed by atoms with Crippen molar-refractivity contribution in [3.05, 3.63) is 35.6 Å². The van der Waals surface area contributed by atoms with Crippen LogP contribution in [0.5, 0.6) is 0 Å². The second-order valence-corrected chi connectivity index (χ2v) is 3.96. The molecule has 4 heteroatoms. The van der Waals surface area contributed by atoms with Crippen LogP contribution < -0.4 is 10.6 Å². The van der Waals surface area contributed by atoms with E-state index in [9.17, 15) is 9.18 Å². The zero-order chi connectivity index (χ0) is 11.4. The predicted octanol–water partition coefficient (Wildman–Crippen LogP) is 1.19. The van der Waals surface area contributed by atoms with Gasteiger partial charge in [-0.1, -0.05) is 18.2 Å². The van der Waals surface area contributed by atoms with Gasteiger partial charge in [0.2, 0.25) is 5.91 Å². The molecule has 0 saturated carbocycles. The van der Waals surface area contributed by atoms with Crippen LogP contribution in [0, 0.1) is 5.82 Å². The van der Waals surface area contributed by atoms with E-state index in [1.807, 2.05) is 0 Å². The first-order chi connectivity index (χ1) is 7.77. The van der Waals surface area contributed by atoms with E-state index in [1.165, 1.54) is 6.07 Å². The summed E-state index contributed by atoms with van der Waals surface area (Å²) in [4.78, 5) is 11.6. The molecule has 1 atom stereocenters. The van der Waals surface area contributed by atoms with Crippen molar-refractivity contribution >= 4 is 5.91 Å². The maximum absolute atomic E-state index is 13.3. The SMILES string of the molecule is O=C(NCc1ccccc1F)[C@H]1CCCN1. The Labute approximate surface area is 94.0 Å². The van der Waals surface area contributed by atoms with Crippen molar-refractivity contribution in [2.45, 2.75) is 25.4 Å². The van der Waals surface area contributed by atoms with Crippen LogP contribution in [0.1, 0.15) is 18.4 Å². The van der Waals surface area contributed by atoms with Gasteiger partial charge in [-0.05, 0) is 25.5 Å². The Morgan fingerprint density at radius 2 is 2.31 bits per heavy atom. The lowest BCUT2D eigenvalue weighted by molar-refractivity contribution is -0.122. The third-order valence-corrected chi connectivity index (χ3v) is 2.79. The largest absolute Gasteiger partial charge is 0.351 e. The van der Waals surface area contributed by atoms with Gasteiger partial charge < -0.3 is 10.6 Å². The van der Waals surface area contributed by atoms with E-state index < -0.39 is 0 Å². The van der Waals surface area contributed by atoms with E-state index in [0.717, 1.165) is 19.4 Å². The summed E-state index contributed by atoms with van der Waals surface area (Å²) in [6.45, 7) is 1.14. The summed E-state index contributed by atoms with van der Waals surface area (Å²) in [5, 5.41) is 5.84. The number of carbonyl (C=O) groups is 1. The van der Waals surface area contributed by atoms with Gasteiger partial charge in [0.05, 0.1) is 6.04 Å². The molecule has 1 saturated heterocycles. The molecule has 1 aromatic carbocycles. The highest BCUT2D eigenvalue weighted by Gasteiger charge is 2.21. The fourth-order valence-corrected chi connectivity index (χ4v) is 1.86. The van der Waals surface area contributed by atoms with Crippen LogP contribution in [0.4, 0.5) is 4.39 Å². The third-order valence-electron chi connectivity index (χ3n) is 2.79.